The van der Waals surface area contributed by atoms with Gasteiger partial charge in [0, 0.05) is 6.54 Å². The average Bonchev–Trinajstić information content (AvgIpc) is 2.36. The van der Waals surface area contributed by atoms with Crippen molar-refractivity contribution in [3.05, 3.63) is 35.4 Å². The molecule has 0 aromatic heterocycles. The van der Waals surface area contributed by atoms with Crippen molar-refractivity contribution in [1.29, 1.82) is 0 Å². The summed E-state index contributed by atoms with van der Waals surface area (Å²) in [5.74, 6) is -1.97. The molecule has 8 heteroatoms. The van der Waals surface area contributed by atoms with Gasteiger partial charge in [-0.25, -0.2) is 17.9 Å². The number of benzene rings is 1. The molecule has 0 fully saturated rings. The van der Waals surface area contributed by atoms with Crippen LogP contribution in [-0.2, 0) is 25.3 Å². The van der Waals surface area contributed by atoms with Gasteiger partial charge in [-0.15, -0.1) is 0 Å². The van der Waals surface area contributed by atoms with Crippen LogP contribution in [0, 0.1) is 0 Å². The first-order chi connectivity index (χ1) is 9.34. The lowest BCUT2D eigenvalue weighted by atomic mass is 10.1. The number of sulfonamides is 1. The van der Waals surface area contributed by atoms with E-state index in [1.807, 2.05) is 0 Å². The van der Waals surface area contributed by atoms with Gasteiger partial charge in [-0.1, -0.05) is 12.1 Å². The van der Waals surface area contributed by atoms with Crippen molar-refractivity contribution in [2.24, 2.45) is 0 Å². The second-order valence-corrected chi connectivity index (χ2v) is 5.80. The monoisotopic (exact) mass is 301 g/mol. The van der Waals surface area contributed by atoms with Gasteiger partial charge >= 0.3 is 11.9 Å². The molecule has 1 rings (SSSR count). The summed E-state index contributed by atoms with van der Waals surface area (Å²) in [6, 6.07) is 6.04. The highest BCUT2D eigenvalue weighted by molar-refractivity contribution is 7.88. The molecule has 0 saturated carbocycles. The number of methoxy groups -OCH3 is 1. The van der Waals surface area contributed by atoms with E-state index in [0.717, 1.165) is 0 Å². The Balaban J connectivity index is 2.72. The van der Waals surface area contributed by atoms with Crippen molar-refractivity contribution in [3.8, 4) is 0 Å². The highest BCUT2D eigenvalue weighted by Gasteiger charge is 2.13. The Morgan fingerprint density at radius 2 is 2.05 bits per heavy atom. The molecule has 1 aromatic rings. The summed E-state index contributed by atoms with van der Waals surface area (Å²) >= 11 is 0. The van der Waals surface area contributed by atoms with Crippen LogP contribution in [0.1, 0.15) is 22.3 Å². The lowest BCUT2D eigenvalue weighted by molar-refractivity contribution is -0.136. The number of hydrogen-bond acceptors (Lipinski definition) is 5. The number of nitrogens with one attached hydrogen (secondary N) is 1. The van der Waals surface area contributed by atoms with Gasteiger partial charge in [0.25, 0.3) is 0 Å². The number of aliphatic carboxylic acids is 1. The fraction of sp³-hybridized carbons (Fsp3) is 0.333. The minimum atomic E-state index is -3.64. The predicted octanol–water partition coefficient (Wildman–Crippen LogP) is 0.367. The Morgan fingerprint density at radius 1 is 1.35 bits per heavy atom. The third kappa shape index (κ3) is 5.37. The predicted molar refractivity (Wildman–Crippen MR) is 70.7 cm³/mol. The Hall–Kier alpha value is -1.93. The molecule has 0 aliphatic heterocycles. The third-order valence-corrected chi connectivity index (χ3v) is 3.72. The smallest absolute Gasteiger partial charge is 0.337 e. The number of hydrogen-bond donors (Lipinski definition) is 2. The van der Waals surface area contributed by atoms with Gasteiger partial charge in [-0.2, -0.15) is 0 Å². The third-order valence-electron chi connectivity index (χ3n) is 2.37. The number of carboxylic acid groups (broad SMARTS) is 1. The van der Waals surface area contributed by atoms with Crippen LogP contribution in [0.15, 0.2) is 24.3 Å². The lowest BCUT2D eigenvalue weighted by Gasteiger charge is -2.07. The maximum atomic E-state index is 11.7. The molecule has 0 saturated heterocycles. The Morgan fingerprint density at radius 3 is 2.65 bits per heavy atom. The molecular weight excluding hydrogens is 286 g/mol. The van der Waals surface area contributed by atoms with E-state index < -0.39 is 22.0 Å². The molecule has 0 aliphatic carbocycles. The average molecular weight is 301 g/mol. The lowest BCUT2D eigenvalue weighted by Crippen LogP contribution is -2.27. The summed E-state index contributed by atoms with van der Waals surface area (Å²) in [7, 11) is -2.41. The quantitative estimate of drug-likeness (QED) is 0.704. The summed E-state index contributed by atoms with van der Waals surface area (Å²) in [4.78, 5) is 21.6. The van der Waals surface area contributed by atoms with Crippen LogP contribution in [0.2, 0.25) is 0 Å². The van der Waals surface area contributed by atoms with Gasteiger partial charge < -0.3 is 9.84 Å². The van der Waals surface area contributed by atoms with E-state index in [1.54, 1.807) is 12.1 Å². The van der Waals surface area contributed by atoms with E-state index in [9.17, 15) is 18.0 Å². The van der Waals surface area contributed by atoms with Gasteiger partial charge in [0.15, 0.2) is 0 Å². The molecule has 0 heterocycles. The van der Waals surface area contributed by atoms with Crippen LogP contribution in [0.3, 0.4) is 0 Å². The maximum Gasteiger partial charge on any atom is 0.337 e. The van der Waals surface area contributed by atoms with Crippen LogP contribution in [0.25, 0.3) is 0 Å². The second kappa shape index (κ2) is 7.01. The van der Waals surface area contributed by atoms with Crippen LogP contribution < -0.4 is 4.72 Å². The van der Waals surface area contributed by atoms with E-state index >= 15 is 0 Å². The van der Waals surface area contributed by atoms with Crippen molar-refractivity contribution in [2.45, 2.75) is 12.2 Å². The van der Waals surface area contributed by atoms with Crippen LogP contribution >= 0.6 is 0 Å². The maximum absolute atomic E-state index is 11.7. The molecule has 0 bridgehead atoms. The fourth-order valence-electron chi connectivity index (χ4n) is 1.49. The summed E-state index contributed by atoms with van der Waals surface area (Å²) < 4.78 is 30.1. The van der Waals surface area contributed by atoms with Gasteiger partial charge in [0.05, 0.1) is 24.8 Å². The molecular formula is C12H15NO6S. The molecule has 110 valence electrons. The Kier molecular flexibility index (Phi) is 5.66. The molecule has 7 nitrogen and oxygen atoms in total. The number of carbonyl (C=O) groups excluding carboxylic acids is 1. The van der Waals surface area contributed by atoms with Gasteiger partial charge in [0.1, 0.15) is 0 Å². The van der Waals surface area contributed by atoms with Crippen molar-refractivity contribution >= 4 is 22.0 Å². The van der Waals surface area contributed by atoms with E-state index in [0.29, 0.717) is 5.56 Å². The topological polar surface area (TPSA) is 110 Å². The number of carboxylic acids is 1. The standard InChI is InChI=1S/C12H15NO6S/c1-19-12(16)10-4-2-3-9(7-10)8-20(17,18)13-6-5-11(14)15/h2-4,7,13H,5-6,8H2,1H3,(H,14,15). The molecule has 0 radical (unpaired) electrons. The molecule has 2 N–H and O–H groups in total. The molecule has 1 aromatic carbocycles. The van der Waals surface area contributed by atoms with E-state index in [2.05, 4.69) is 9.46 Å². The molecule has 0 atom stereocenters. The normalized spacial score (nSPS) is 11.1. The summed E-state index contributed by atoms with van der Waals surface area (Å²) in [6.07, 6.45) is -0.290. The largest absolute Gasteiger partial charge is 0.481 e. The SMILES string of the molecule is COC(=O)c1cccc(CS(=O)(=O)NCCC(=O)O)c1. The first kappa shape index (κ1) is 16.1. The summed E-state index contributed by atoms with van der Waals surface area (Å²) in [5.41, 5.74) is 0.668. The van der Waals surface area contributed by atoms with Crippen molar-refractivity contribution in [3.63, 3.8) is 0 Å². The Bertz CT molecular complexity index is 596. The molecule has 0 spiro atoms. The zero-order valence-corrected chi connectivity index (χ0v) is 11.6. The number of carbonyl (C=O) groups is 2. The summed E-state index contributed by atoms with van der Waals surface area (Å²) in [6.45, 7) is -0.172. The van der Waals surface area contributed by atoms with Gasteiger partial charge in [-0.3, -0.25) is 4.79 Å². The van der Waals surface area contributed by atoms with E-state index in [4.69, 9.17) is 5.11 Å². The van der Waals surface area contributed by atoms with Crippen molar-refractivity contribution in [1.82, 2.24) is 4.72 Å². The number of rotatable bonds is 7. The van der Waals surface area contributed by atoms with E-state index in [1.165, 1.54) is 19.2 Å². The number of esters is 1. The molecule has 0 aliphatic rings. The highest BCUT2D eigenvalue weighted by Crippen LogP contribution is 2.09. The fourth-order valence-corrected chi connectivity index (χ4v) is 2.62. The molecule has 0 unspecified atom stereocenters. The number of ether oxygens (including phenoxy) is 1. The Labute approximate surface area is 116 Å². The van der Waals surface area contributed by atoms with Gasteiger partial charge in [-0.05, 0) is 17.7 Å². The molecule has 0 amide bonds. The van der Waals surface area contributed by atoms with Crippen LogP contribution in [0.5, 0.6) is 0 Å². The second-order valence-electron chi connectivity index (χ2n) is 3.99. The zero-order chi connectivity index (χ0) is 15.2. The van der Waals surface area contributed by atoms with Crippen molar-refractivity contribution in [2.75, 3.05) is 13.7 Å². The first-order valence-corrected chi connectivity index (χ1v) is 7.35. The highest BCUT2D eigenvalue weighted by atomic mass is 32.2. The minimum absolute atomic E-state index is 0.172. The van der Waals surface area contributed by atoms with E-state index in [-0.39, 0.29) is 24.3 Å². The summed E-state index contributed by atoms with van der Waals surface area (Å²) in [5, 5.41) is 8.44. The van der Waals surface area contributed by atoms with Crippen LogP contribution in [-0.4, -0.2) is 39.1 Å². The van der Waals surface area contributed by atoms with Crippen molar-refractivity contribution < 1.29 is 27.9 Å². The zero-order valence-electron chi connectivity index (χ0n) is 10.8. The van der Waals surface area contributed by atoms with Gasteiger partial charge in [0.2, 0.25) is 10.0 Å². The molecule has 20 heavy (non-hydrogen) atoms. The van der Waals surface area contributed by atoms with Crippen LogP contribution in [0.4, 0.5) is 0 Å². The first-order valence-electron chi connectivity index (χ1n) is 5.70. The minimum Gasteiger partial charge on any atom is -0.481 e.